The second-order valence-corrected chi connectivity index (χ2v) is 4.41. The van der Waals surface area contributed by atoms with Gasteiger partial charge in [0.05, 0.1) is 14.2 Å². The largest absolute Gasteiger partial charge is 0.497 e. The summed E-state index contributed by atoms with van der Waals surface area (Å²) in [4.78, 5) is 2.19. The molecule has 0 N–H and O–H groups in total. The van der Waals surface area contributed by atoms with Crippen LogP contribution in [0.4, 0.5) is 5.69 Å². The molecule has 0 atom stereocenters. The predicted molar refractivity (Wildman–Crippen MR) is 78.1 cm³/mol. The number of ether oxygens (including phenoxy) is 2. The van der Waals surface area contributed by atoms with Crippen molar-refractivity contribution in [3.05, 3.63) is 54.1 Å². The van der Waals surface area contributed by atoms with Crippen molar-refractivity contribution in [3.8, 4) is 11.5 Å². The van der Waals surface area contributed by atoms with Crippen LogP contribution in [0.25, 0.3) is 0 Å². The van der Waals surface area contributed by atoms with Crippen LogP contribution in [0.1, 0.15) is 5.56 Å². The minimum atomic E-state index is 0.837. The number of rotatable bonds is 5. The third-order valence-corrected chi connectivity index (χ3v) is 3.07. The highest BCUT2D eigenvalue weighted by Crippen LogP contribution is 2.21. The molecule has 0 saturated carbocycles. The molecule has 0 bridgehead atoms. The standard InChI is InChI=1S/C16H19NO2/c1-17(14-7-9-15(18-2)10-8-14)12-13-5-4-6-16(11-13)19-3/h4-11H,12H2,1-3H3. The highest BCUT2D eigenvalue weighted by atomic mass is 16.5. The summed E-state index contributed by atoms with van der Waals surface area (Å²) in [5.74, 6) is 1.76. The molecule has 0 fully saturated rings. The van der Waals surface area contributed by atoms with Crippen molar-refractivity contribution in [3.63, 3.8) is 0 Å². The number of methoxy groups -OCH3 is 2. The molecule has 100 valence electrons. The average molecular weight is 257 g/mol. The van der Waals surface area contributed by atoms with Crippen LogP contribution in [-0.2, 0) is 6.54 Å². The summed E-state index contributed by atoms with van der Waals surface area (Å²) in [5, 5.41) is 0. The van der Waals surface area contributed by atoms with Gasteiger partial charge in [-0.3, -0.25) is 0 Å². The van der Waals surface area contributed by atoms with E-state index in [4.69, 9.17) is 9.47 Å². The molecule has 0 radical (unpaired) electrons. The summed E-state index contributed by atoms with van der Waals surface area (Å²) in [5.41, 5.74) is 2.38. The molecule has 0 saturated heterocycles. The van der Waals surface area contributed by atoms with Crippen LogP contribution in [0, 0.1) is 0 Å². The average Bonchev–Trinajstić information content (AvgIpc) is 2.47. The van der Waals surface area contributed by atoms with E-state index in [1.165, 1.54) is 5.56 Å². The molecule has 2 aromatic rings. The predicted octanol–water partition coefficient (Wildman–Crippen LogP) is 3.34. The van der Waals surface area contributed by atoms with Crippen LogP contribution in [0.5, 0.6) is 11.5 Å². The Morgan fingerprint density at radius 1 is 0.895 bits per heavy atom. The van der Waals surface area contributed by atoms with E-state index in [2.05, 4.69) is 36.2 Å². The summed E-state index contributed by atoms with van der Waals surface area (Å²) >= 11 is 0. The van der Waals surface area contributed by atoms with E-state index >= 15 is 0 Å². The summed E-state index contributed by atoms with van der Waals surface area (Å²) < 4.78 is 10.4. The number of anilines is 1. The lowest BCUT2D eigenvalue weighted by molar-refractivity contribution is 0.414. The smallest absolute Gasteiger partial charge is 0.119 e. The molecule has 0 aliphatic heterocycles. The summed E-state index contributed by atoms with van der Waals surface area (Å²) in [6.07, 6.45) is 0. The first kappa shape index (κ1) is 13.3. The second-order valence-electron chi connectivity index (χ2n) is 4.41. The molecule has 3 heteroatoms. The Morgan fingerprint density at radius 3 is 2.21 bits per heavy atom. The first-order valence-corrected chi connectivity index (χ1v) is 6.21. The topological polar surface area (TPSA) is 21.7 Å². The Balaban J connectivity index is 2.08. The number of hydrogen-bond donors (Lipinski definition) is 0. The van der Waals surface area contributed by atoms with Crippen molar-refractivity contribution in [1.82, 2.24) is 0 Å². The van der Waals surface area contributed by atoms with Crippen LogP contribution >= 0.6 is 0 Å². The van der Waals surface area contributed by atoms with Gasteiger partial charge in [-0.1, -0.05) is 12.1 Å². The maximum atomic E-state index is 5.24. The van der Waals surface area contributed by atoms with E-state index in [0.717, 1.165) is 23.7 Å². The fourth-order valence-corrected chi connectivity index (χ4v) is 1.97. The summed E-state index contributed by atoms with van der Waals surface area (Å²) in [7, 11) is 5.43. The number of benzene rings is 2. The van der Waals surface area contributed by atoms with Crippen molar-refractivity contribution in [2.24, 2.45) is 0 Å². The Bertz CT molecular complexity index is 523. The van der Waals surface area contributed by atoms with Gasteiger partial charge in [-0.15, -0.1) is 0 Å². The lowest BCUT2D eigenvalue weighted by Crippen LogP contribution is -2.16. The summed E-state index contributed by atoms with van der Waals surface area (Å²) in [6.45, 7) is 0.837. The molecular weight excluding hydrogens is 238 g/mol. The third-order valence-electron chi connectivity index (χ3n) is 3.07. The van der Waals surface area contributed by atoms with Gasteiger partial charge < -0.3 is 14.4 Å². The van der Waals surface area contributed by atoms with Gasteiger partial charge in [-0.05, 0) is 42.0 Å². The Hall–Kier alpha value is -2.16. The van der Waals surface area contributed by atoms with Gasteiger partial charge in [0.15, 0.2) is 0 Å². The SMILES string of the molecule is COc1ccc(N(C)Cc2cccc(OC)c2)cc1. The molecule has 0 unspecified atom stereocenters. The van der Waals surface area contributed by atoms with Crippen LogP contribution in [-0.4, -0.2) is 21.3 Å². The molecule has 2 aromatic carbocycles. The molecule has 0 aliphatic rings. The zero-order chi connectivity index (χ0) is 13.7. The number of hydrogen-bond acceptors (Lipinski definition) is 3. The molecule has 0 amide bonds. The zero-order valence-electron chi connectivity index (χ0n) is 11.6. The van der Waals surface area contributed by atoms with Crippen molar-refractivity contribution in [1.29, 1.82) is 0 Å². The molecule has 19 heavy (non-hydrogen) atoms. The second kappa shape index (κ2) is 6.14. The summed E-state index contributed by atoms with van der Waals surface area (Å²) in [6, 6.07) is 16.2. The van der Waals surface area contributed by atoms with Crippen LogP contribution in [0.15, 0.2) is 48.5 Å². The van der Waals surface area contributed by atoms with E-state index in [1.54, 1.807) is 14.2 Å². The lowest BCUT2D eigenvalue weighted by Gasteiger charge is -2.20. The minimum absolute atomic E-state index is 0.837. The fraction of sp³-hybridized carbons (Fsp3) is 0.250. The van der Waals surface area contributed by atoms with Crippen LogP contribution < -0.4 is 14.4 Å². The van der Waals surface area contributed by atoms with Gasteiger partial charge in [-0.25, -0.2) is 0 Å². The Labute approximate surface area is 114 Å². The van der Waals surface area contributed by atoms with Crippen molar-refractivity contribution >= 4 is 5.69 Å². The third kappa shape index (κ3) is 3.41. The highest BCUT2D eigenvalue weighted by molar-refractivity contribution is 5.49. The molecule has 0 aliphatic carbocycles. The van der Waals surface area contributed by atoms with E-state index in [9.17, 15) is 0 Å². The van der Waals surface area contributed by atoms with E-state index in [-0.39, 0.29) is 0 Å². The first-order chi connectivity index (χ1) is 9.22. The number of nitrogens with zero attached hydrogens (tertiary/aromatic N) is 1. The Morgan fingerprint density at radius 2 is 1.58 bits per heavy atom. The molecular formula is C16H19NO2. The van der Waals surface area contributed by atoms with E-state index in [1.807, 2.05) is 24.3 Å². The van der Waals surface area contributed by atoms with E-state index in [0.29, 0.717) is 0 Å². The highest BCUT2D eigenvalue weighted by Gasteiger charge is 2.03. The maximum absolute atomic E-state index is 5.24. The van der Waals surface area contributed by atoms with Gasteiger partial charge in [0, 0.05) is 19.3 Å². The van der Waals surface area contributed by atoms with Crippen molar-refractivity contribution in [2.75, 3.05) is 26.2 Å². The zero-order valence-corrected chi connectivity index (χ0v) is 11.6. The Kier molecular flexibility index (Phi) is 4.29. The fourth-order valence-electron chi connectivity index (χ4n) is 1.97. The molecule has 0 heterocycles. The van der Waals surface area contributed by atoms with Gasteiger partial charge in [0.2, 0.25) is 0 Å². The van der Waals surface area contributed by atoms with Gasteiger partial charge in [-0.2, -0.15) is 0 Å². The minimum Gasteiger partial charge on any atom is -0.497 e. The van der Waals surface area contributed by atoms with Crippen molar-refractivity contribution in [2.45, 2.75) is 6.54 Å². The lowest BCUT2D eigenvalue weighted by atomic mass is 10.2. The normalized spacial score (nSPS) is 10.1. The van der Waals surface area contributed by atoms with Crippen LogP contribution in [0.2, 0.25) is 0 Å². The molecule has 0 spiro atoms. The van der Waals surface area contributed by atoms with Gasteiger partial charge in [0.25, 0.3) is 0 Å². The molecule has 3 nitrogen and oxygen atoms in total. The van der Waals surface area contributed by atoms with Crippen molar-refractivity contribution < 1.29 is 9.47 Å². The molecule has 2 rings (SSSR count). The van der Waals surface area contributed by atoms with Gasteiger partial charge in [0.1, 0.15) is 11.5 Å². The first-order valence-electron chi connectivity index (χ1n) is 6.21. The van der Waals surface area contributed by atoms with E-state index < -0.39 is 0 Å². The molecule has 0 aromatic heterocycles. The quantitative estimate of drug-likeness (QED) is 0.820. The van der Waals surface area contributed by atoms with Gasteiger partial charge >= 0.3 is 0 Å². The maximum Gasteiger partial charge on any atom is 0.119 e. The van der Waals surface area contributed by atoms with Crippen LogP contribution in [0.3, 0.4) is 0 Å². The monoisotopic (exact) mass is 257 g/mol.